The average Bonchev–Trinajstić information content (AvgIpc) is 3.22. The maximum atomic E-state index is 12.7. The van der Waals surface area contributed by atoms with E-state index in [2.05, 4.69) is 16.7 Å². The highest BCUT2D eigenvalue weighted by Gasteiger charge is 2.34. The number of nitrogens with zero attached hydrogens (tertiary/aromatic N) is 1. The van der Waals surface area contributed by atoms with E-state index < -0.39 is 6.04 Å². The Morgan fingerprint density at radius 2 is 2.03 bits per heavy atom. The Morgan fingerprint density at radius 3 is 2.70 bits per heavy atom. The number of hydrogen-bond acceptors (Lipinski definition) is 5. The van der Waals surface area contributed by atoms with Crippen LogP contribution in [0.25, 0.3) is 5.57 Å². The number of nitrogens with two attached hydrogens (primary N) is 1. The number of hydrogen-bond donors (Lipinski definition) is 3. The van der Waals surface area contributed by atoms with Crippen molar-refractivity contribution < 1.29 is 14.4 Å². The SMILES string of the molecule is CC(N)=CC(=O)CC(=O)N1CCC[C@H]1C(=O)NCc1ccc(C2=CNC=CC2)cc1. The van der Waals surface area contributed by atoms with Gasteiger partial charge in [-0.3, -0.25) is 14.4 Å². The van der Waals surface area contributed by atoms with Crippen molar-refractivity contribution in [3.05, 3.63) is 65.6 Å². The molecule has 2 amide bonds. The lowest BCUT2D eigenvalue weighted by Crippen LogP contribution is -2.46. The molecule has 2 aliphatic heterocycles. The Kier molecular flexibility index (Phi) is 7.06. The minimum atomic E-state index is -0.530. The lowest BCUT2D eigenvalue weighted by molar-refractivity contribution is -0.140. The summed E-state index contributed by atoms with van der Waals surface area (Å²) in [6, 6.07) is 7.53. The molecule has 1 fully saturated rings. The number of amides is 2. The van der Waals surface area contributed by atoms with Crippen LogP contribution in [0.1, 0.15) is 43.7 Å². The Labute approximate surface area is 176 Å². The van der Waals surface area contributed by atoms with Crippen LogP contribution in [0.2, 0.25) is 0 Å². The summed E-state index contributed by atoms with van der Waals surface area (Å²) in [6.45, 7) is 2.48. The van der Waals surface area contributed by atoms with Crippen LogP contribution in [0.4, 0.5) is 0 Å². The van der Waals surface area contributed by atoms with Gasteiger partial charge in [-0.05, 0) is 49.1 Å². The molecule has 0 saturated carbocycles. The summed E-state index contributed by atoms with van der Waals surface area (Å²) in [6.07, 6.45) is 9.19. The molecule has 2 aliphatic rings. The first-order valence-electron chi connectivity index (χ1n) is 10.2. The standard InChI is InChI=1S/C23H28N4O3/c1-16(24)12-20(28)13-22(29)27-11-3-5-21(27)23(30)26-14-17-6-8-18(9-7-17)19-4-2-10-25-15-19/h2,6-10,12,15,21,25H,3-5,11,13-14,24H2,1H3,(H,26,30)/t21-/m0/s1. The van der Waals surface area contributed by atoms with E-state index in [1.165, 1.54) is 16.5 Å². The Hall–Kier alpha value is -3.35. The molecule has 0 bridgehead atoms. The molecule has 4 N–H and O–H groups in total. The first-order valence-corrected chi connectivity index (χ1v) is 10.2. The number of rotatable bonds is 7. The summed E-state index contributed by atoms with van der Waals surface area (Å²) in [5.41, 5.74) is 9.19. The van der Waals surface area contributed by atoms with E-state index in [0.29, 0.717) is 25.2 Å². The molecule has 3 rings (SSSR count). The summed E-state index contributed by atoms with van der Waals surface area (Å²) in [7, 11) is 0. The van der Waals surface area contributed by atoms with Gasteiger partial charge in [0, 0.05) is 31.1 Å². The van der Waals surface area contributed by atoms with Gasteiger partial charge in [0.05, 0.1) is 6.42 Å². The zero-order valence-electron chi connectivity index (χ0n) is 17.2. The van der Waals surface area contributed by atoms with Crippen molar-refractivity contribution in [1.82, 2.24) is 15.5 Å². The highest BCUT2D eigenvalue weighted by Crippen LogP contribution is 2.21. The molecule has 30 heavy (non-hydrogen) atoms. The molecule has 0 unspecified atom stereocenters. The van der Waals surface area contributed by atoms with E-state index in [9.17, 15) is 14.4 Å². The largest absolute Gasteiger partial charge is 0.402 e. The maximum Gasteiger partial charge on any atom is 0.243 e. The van der Waals surface area contributed by atoms with Gasteiger partial charge < -0.3 is 21.3 Å². The first-order chi connectivity index (χ1) is 14.4. The normalized spacial score (nSPS) is 18.6. The van der Waals surface area contributed by atoms with Gasteiger partial charge >= 0.3 is 0 Å². The fraction of sp³-hybridized carbons (Fsp3) is 0.348. The van der Waals surface area contributed by atoms with Gasteiger partial charge in [0.2, 0.25) is 11.8 Å². The molecule has 1 aromatic carbocycles. The first kappa shape index (κ1) is 21.4. The molecule has 1 atom stereocenters. The molecule has 0 aliphatic carbocycles. The molecular formula is C23H28N4O3. The highest BCUT2D eigenvalue weighted by molar-refractivity contribution is 6.05. The van der Waals surface area contributed by atoms with E-state index in [-0.39, 0.29) is 24.0 Å². The number of benzene rings is 1. The predicted octanol–water partition coefficient (Wildman–Crippen LogP) is 1.96. The molecule has 158 valence electrons. The van der Waals surface area contributed by atoms with E-state index in [1.54, 1.807) is 6.92 Å². The summed E-state index contributed by atoms with van der Waals surface area (Å²) in [5, 5.41) is 6.01. The van der Waals surface area contributed by atoms with Crippen LogP contribution in [0, 0.1) is 0 Å². The van der Waals surface area contributed by atoms with Crippen LogP contribution in [0.5, 0.6) is 0 Å². The summed E-state index contributed by atoms with van der Waals surface area (Å²) < 4.78 is 0. The van der Waals surface area contributed by atoms with Crippen molar-refractivity contribution in [3.8, 4) is 0 Å². The second-order valence-electron chi connectivity index (χ2n) is 7.63. The van der Waals surface area contributed by atoms with Crippen molar-refractivity contribution in [2.24, 2.45) is 5.73 Å². The van der Waals surface area contributed by atoms with Crippen LogP contribution >= 0.6 is 0 Å². The smallest absolute Gasteiger partial charge is 0.243 e. The summed E-state index contributed by atoms with van der Waals surface area (Å²) in [5.74, 6) is -0.861. The third-order valence-corrected chi connectivity index (χ3v) is 5.19. The average molecular weight is 409 g/mol. The molecule has 1 saturated heterocycles. The third-order valence-electron chi connectivity index (χ3n) is 5.19. The lowest BCUT2D eigenvalue weighted by Gasteiger charge is -2.23. The molecule has 1 aromatic rings. The number of allylic oxidation sites excluding steroid dienone is 4. The number of dihydropyridines is 1. The molecule has 0 aromatic heterocycles. The van der Waals surface area contributed by atoms with Crippen molar-refractivity contribution in [1.29, 1.82) is 0 Å². The van der Waals surface area contributed by atoms with Crippen LogP contribution in [-0.4, -0.2) is 35.1 Å². The Morgan fingerprint density at radius 1 is 1.27 bits per heavy atom. The summed E-state index contributed by atoms with van der Waals surface area (Å²) in [4.78, 5) is 38.5. The van der Waals surface area contributed by atoms with Crippen molar-refractivity contribution in [2.75, 3.05) is 6.54 Å². The van der Waals surface area contributed by atoms with Gasteiger partial charge in [0.1, 0.15) is 6.04 Å². The molecule has 0 radical (unpaired) electrons. The second kappa shape index (κ2) is 9.91. The van der Waals surface area contributed by atoms with Crippen LogP contribution < -0.4 is 16.4 Å². The number of ketones is 1. The zero-order valence-corrected chi connectivity index (χ0v) is 17.2. The zero-order chi connectivity index (χ0) is 21.5. The topological polar surface area (TPSA) is 105 Å². The van der Waals surface area contributed by atoms with Crippen LogP contribution in [-0.2, 0) is 20.9 Å². The predicted molar refractivity (Wildman–Crippen MR) is 115 cm³/mol. The van der Waals surface area contributed by atoms with Crippen LogP contribution in [0.15, 0.2) is 54.5 Å². The number of nitrogens with one attached hydrogen (secondary N) is 2. The van der Waals surface area contributed by atoms with E-state index in [0.717, 1.165) is 24.0 Å². The molecule has 7 nitrogen and oxygen atoms in total. The number of carbonyl (C=O) groups excluding carboxylic acids is 3. The molecule has 7 heteroatoms. The molecule has 0 spiro atoms. The van der Waals surface area contributed by atoms with Gasteiger partial charge in [-0.25, -0.2) is 0 Å². The number of carbonyl (C=O) groups is 3. The Bertz CT molecular complexity index is 896. The fourth-order valence-corrected chi connectivity index (χ4v) is 3.70. The van der Waals surface area contributed by atoms with Gasteiger partial charge in [0.25, 0.3) is 0 Å². The van der Waals surface area contributed by atoms with Crippen molar-refractivity contribution >= 4 is 23.2 Å². The summed E-state index contributed by atoms with van der Waals surface area (Å²) >= 11 is 0. The van der Waals surface area contributed by atoms with E-state index >= 15 is 0 Å². The fourth-order valence-electron chi connectivity index (χ4n) is 3.70. The monoisotopic (exact) mass is 408 g/mol. The minimum absolute atomic E-state index is 0.188. The molecular weight excluding hydrogens is 380 g/mol. The third kappa shape index (κ3) is 5.59. The van der Waals surface area contributed by atoms with Crippen molar-refractivity contribution in [3.63, 3.8) is 0 Å². The maximum absolute atomic E-state index is 12.7. The van der Waals surface area contributed by atoms with Gasteiger partial charge in [-0.1, -0.05) is 30.3 Å². The highest BCUT2D eigenvalue weighted by atomic mass is 16.2. The molecule has 2 heterocycles. The lowest BCUT2D eigenvalue weighted by atomic mass is 10.0. The quantitative estimate of drug-likeness (QED) is 0.473. The Balaban J connectivity index is 1.53. The van der Waals surface area contributed by atoms with Crippen molar-refractivity contribution in [2.45, 2.75) is 45.2 Å². The van der Waals surface area contributed by atoms with Gasteiger partial charge in [0.15, 0.2) is 5.78 Å². The van der Waals surface area contributed by atoms with Gasteiger partial charge in [-0.2, -0.15) is 0 Å². The van der Waals surface area contributed by atoms with Crippen LogP contribution in [0.3, 0.4) is 0 Å². The minimum Gasteiger partial charge on any atom is -0.402 e. The van der Waals surface area contributed by atoms with Gasteiger partial charge in [-0.15, -0.1) is 0 Å². The number of likely N-dealkylation sites (tertiary alicyclic amines) is 1. The van der Waals surface area contributed by atoms with E-state index in [4.69, 9.17) is 5.73 Å². The van der Waals surface area contributed by atoms with E-state index in [1.807, 2.05) is 36.7 Å². The second-order valence-corrected chi connectivity index (χ2v) is 7.63.